The Hall–Kier alpha value is -1.09. The van der Waals surface area contributed by atoms with Crippen molar-refractivity contribution in [1.82, 2.24) is 4.40 Å². The van der Waals surface area contributed by atoms with Crippen LogP contribution in [-0.4, -0.2) is 4.40 Å². The van der Waals surface area contributed by atoms with Crippen LogP contribution < -0.4 is 5.56 Å². The lowest BCUT2D eigenvalue weighted by Gasteiger charge is -1.98. The lowest BCUT2D eigenvalue weighted by Crippen LogP contribution is -2.12. The van der Waals surface area contributed by atoms with E-state index in [-0.39, 0.29) is 5.56 Å². The van der Waals surface area contributed by atoms with Crippen molar-refractivity contribution >= 4 is 21.4 Å². The summed E-state index contributed by atoms with van der Waals surface area (Å²) in [6.45, 7) is 0. The first-order valence-electron chi connectivity index (χ1n) is 3.55. The summed E-state index contributed by atoms with van der Waals surface area (Å²) in [5.74, 6) is 0. The minimum Gasteiger partial charge on any atom is -0.283 e. The van der Waals surface area contributed by atoms with Crippen molar-refractivity contribution in [2.75, 3.05) is 0 Å². The molecule has 0 radical (unpaired) electrons. The van der Waals surface area contributed by atoms with Gasteiger partial charge in [0.1, 0.15) is 0 Å². The molecule has 12 heavy (non-hydrogen) atoms. The minimum absolute atomic E-state index is 0.0203. The zero-order valence-electron chi connectivity index (χ0n) is 6.20. The number of hydrogen-bond acceptors (Lipinski definition) is 1. The number of pyridine rings is 2. The molecule has 60 valence electrons. The Bertz CT molecular complexity index is 475. The van der Waals surface area contributed by atoms with Crippen LogP contribution in [0.1, 0.15) is 0 Å². The molecule has 0 unspecified atom stereocenters. The van der Waals surface area contributed by atoms with Gasteiger partial charge in [0, 0.05) is 11.7 Å². The van der Waals surface area contributed by atoms with Crippen LogP contribution in [0.15, 0.2) is 45.8 Å². The third-order valence-corrected chi connectivity index (χ3v) is 2.32. The molecule has 0 amide bonds. The number of nitrogens with zero attached hydrogens (tertiary/aromatic N) is 1. The second kappa shape index (κ2) is 2.75. The van der Waals surface area contributed by atoms with Crippen LogP contribution >= 0.6 is 15.9 Å². The van der Waals surface area contributed by atoms with Crippen LogP contribution in [0.4, 0.5) is 0 Å². The molecule has 2 aromatic rings. The van der Waals surface area contributed by atoms with Crippen molar-refractivity contribution in [3.8, 4) is 0 Å². The fraction of sp³-hybridized carbons (Fsp3) is 0. The van der Waals surface area contributed by atoms with Crippen LogP contribution in [0.5, 0.6) is 0 Å². The monoisotopic (exact) mass is 223 g/mol. The maximum atomic E-state index is 11.4. The van der Waals surface area contributed by atoms with E-state index in [9.17, 15) is 4.79 Å². The number of fused-ring (bicyclic) bond motifs is 1. The summed E-state index contributed by atoms with van der Waals surface area (Å²) in [5, 5.41) is 0. The van der Waals surface area contributed by atoms with E-state index in [1.807, 2.05) is 24.3 Å². The number of hydrogen-bond donors (Lipinski definition) is 0. The lowest BCUT2D eigenvalue weighted by molar-refractivity contribution is 1.08. The van der Waals surface area contributed by atoms with Gasteiger partial charge < -0.3 is 0 Å². The molecule has 0 aliphatic heterocycles. The van der Waals surface area contributed by atoms with Gasteiger partial charge in [-0.05, 0) is 40.2 Å². The molecule has 0 aliphatic carbocycles. The van der Waals surface area contributed by atoms with Crippen molar-refractivity contribution in [1.29, 1.82) is 0 Å². The molecular formula is C9H6BrNO. The molecule has 0 saturated carbocycles. The van der Waals surface area contributed by atoms with E-state index in [1.165, 1.54) is 0 Å². The van der Waals surface area contributed by atoms with Gasteiger partial charge >= 0.3 is 0 Å². The van der Waals surface area contributed by atoms with Gasteiger partial charge in [-0.1, -0.05) is 6.07 Å². The zero-order valence-corrected chi connectivity index (χ0v) is 7.78. The maximum Gasteiger partial charge on any atom is 0.269 e. The molecule has 0 atom stereocenters. The highest BCUT2D eigenvalue weighted by atomic mass is 79.9. The van der Waals surface area contributed by atoms with Crippen LogP contribution in [0.25, 0.3) is 5.52 Å². The van der Waals surface area contributed by atoms with Crippen LogP contribution in [0.2, 0.25) is 0 Å². The highest BCUT2D eigenvalue weighted by molar-refractivity contribution is 9.10. The van der Waals surface area contributed by atoms with E-state index < -0.39 is 0 Å². The highest BCUT2D eigenvalue weighted by Gasteiger charge is 1.97. The predicted molar refractivity (Wildman–Crippen MR) is 51.4 cm³/mol. The molecule has 0 spiro atoms. The lowest BCUT2D eigenvalue weighted by atomic mass is 10.3. The molecule has 0 aromatic carbocycles. The Morgan fingerprint density at radius 3 is 2.83 bits per heavy atom. The molecule has 0 bridgehead atoms. The maximum absolute atomic E-state index is 11.4. The normalized spacial score (nSPS) is 10.4. The van der Waals surface area contributed by atoms with E-state index in [1.54, 1.807) is 16.7 Å². The Morgan fingerprint density at radius 1 is 1.17 bits per heavy atom. The van der Waals surface area contributed by atoms with Gasteiger partial charge in [-0.25, -0.2) is 0 Å². The van der Waals surface area contributed by atoms with E-state index in [4.69, 9.17) is 0 Å². The number of rotatable bonds is 0. The third kappa shape index (κ3) is 1.06. The van der Waals surface area contributed by atoms with E-state index >= 15 is 0 Å². The Kier molecular flexibility index (Phi) is 1.73. The fourth-order valence-corrected chi connectivity index (χ4v) is 1.45. The summed E-state index contributed by atoms with van der Waals surface area (Å²) in [4.78, 5) is 11.4. The largest absolute Gasteiger partial charge is 0.283 e. The average Bonchev–Trinajstić information content (AvgIpc) is 2.12. The summed E-state index contributed by atoms with van der Waals surface area (Å²) in [6, 6.07) is 9.29. The van der Waals surface area contributed by atoms with Crippen molar-refractivity contribution in [2.24, 2.45) is 0 Å². The second-order valence-electron chi connectivity index (χ2n) is 2.48. The predicted octanol–water partition coefficient (Wildman–Crippen LogP) is 2.06. The molecule has 0 aliphatic rings. The molecule has 0 fully saturated rings. The molecule has 2 nitrogen and oxygen atoms in total. The minimum atomic E-state index is -0.0203. The summed E-state index contributed by atoms with van der Waals surface area (Å²) in [6.07, 6.45) is 1.75. The quantitative estimate of drug-likeness (QED) is 0.671. The topological polar surface area (TPSA) is 21.5 Å². The van der Waals surface area contributed by atoms with Gasteiger partial charge in [-0.15, -0.1) is 0 Å². The molecule has 0 N–H and O–H groups in total. The van der Waals surface area contributed by atoms with Crippen molar-refractivity contribution in [3.05, 3.63) is 51.4 Å². The van der Waals surface area contributed by atoms with Gasteiger partial charge in [0.25, 0.3) is 5.56 Å². The van der Waals surface area contributed by atoms with Crippen LogP contribution in [0, 0.1) is 0 Å². The highest BCUT2D eigenvalue weighted by Crippen LogP contribution is 2.05. The van der Waals surface area contributed by atoms with Gasteiger partial charge in [0.15, 0.2) is 0 Å². The van der Waals surface area contributed by atoms with E-state index in [2.05, 4.69) is 15.9 Å². The third-order valence-electron chi connectivity index (χ3n) is 1.71. The molecule has 2 rings (SSSR count). The smallest absolute Gasteiger partial charge is 0.269 e. The summed E-state index contributed by atoms with van der Waals surface area (Å²) < 4.78 is 2.19. The van der Waals surface area contributed by atoms with E-state index in [0.717, 1.165) is 5.52 Å². The zero-order chi connectivity index (χ0) is 8.55. The fourth-order valence-electron chi connectivity index (χ4n) is 1.12. The summed E-state index contributed by atoms with van der Waals surface area (Å²) in [7, 11) is 0. The van der Waals surface area contributed by atoms with Crippen molar-refractivity contribution in [2.45, 2.75) is 0 Å². The molecular weight excluding hydrogens is 218 g/mol. The second-order valence-corrected chi connectivity index (χ2v) is 3.34. The number of aromatic nitrogens is 1. The van der Waals surface area contributed by atoms with Crippen LogP contribution in [-0.2, 0) is 0 Å². The molecule has 2 heterocycles. The first kappa shape index (κ1) is 7.55. The van der Waals surface area contributed by atoms with E-state index in [0.29, 0.717) is 4.47 Å². The summed E-state index contributed by atoms with van der Waals surface area (Å²) in [5.41, 5.74) is 0.888. The average molecular weight is 224 g/mol. The SMILES string of the molecule is O=c1c(Br)ccc2ccccn12. The van der Waals surface area contributed by atoms with Gasteiger partial charge in [-0.3, -0.25) is 9.20 Å². The first-order chi connectivity index (χ1) is 5.79. The molecule has 0 saturated heterocycles. The Morgan fingerprint density at radius 2 is 2.00 bits per heavy atom. The van der Waals surface area contributed by atoms with Crippen LogP contribution in [0.3, 0.4) is 0 Å². The number of halogens is 1. The van der Waals surface area contributed by atoms with Crippen molar-refractivity contribution < 1.29 is 0 Å². The molecule has 3 heteroatoms. The van der Waals surface area contributed by atoms with Gasteiger partial charge in [0.05, 0.1) is 4.47 Å². The van der Waals surface area contributed by atoms with Gasteiger partial charge in [0.2, 0.25) is 0 Å². The summed E-state index contributed by atoms with van der Waals surface area (Å²) >= 11 is 3.18. The standard InChI is InChI=1S/C9H6BrNO/c10-8-5-4-7-3-1-2-6-11(7)9(8)12/h1-6H. The Labute approximate surface area is 77.6 Å². The Balaban J connectivity index is 3.01. The molecule has 2 aromatic heterocycles. The first-order valence-corrected chi connectivity index (χ1v) is 4.34. The van der Waals surface area contributed by atoms with Gasteiger partial charge in [-0.2, -0.15) is 0 Å². The van der Waals surface area contributed by atoms with Crippen molar-refractivity contribution in [3.63, 3.8) is 0 Å².